The van der Waals surface area contributed by atoms with Gasteiger partial charge < -0.3 is 9.80 Å². The lowest BCUT2D eigenvalue weighted by molar-refractivity contribution is -0.128. The Morgan fingerprint density at radius 3 is 2.50 bits per heavy atom. The smallest absolute Gasteiger partial charge is 0.234 e. The van der Waals surface area contributed by atoms with E-state index < -0.39 is 0 Å². The minimum absolute atomic E-state index is 0.166. The summed E-state index contributed by atoms with van der Waals surface area (Å²) in [5.74, 6) is 0.815. The van der Waals surface area contributed by atoms with Crippen LogP contribution in [0.4, 0.5) is 5.69 Å². The summed E-state index contributed by atoms with van der Waals surface area (Å²) in [6, 6.07) is 12.7. The molecule has 1 atom stereocenters. The van der Waals surface area contributed by atoms with Crippen LogP contribution in [0.25, 0.3) is 0 Å². The minimum Gasteiger partial charge on any atom is -0.378 e. The van der Waals surface area contributed by atoms with Crippen LogP contribution in [0.5, 0.6) is 0 Å². The molecule has 0 radical (unpaired) electrons. The van der Waals surface area contributed by atoms with E-state index in [1.807, 2.05) is 19.0 Å². The number of carbonyl (C=O) groups is 1. The van der Waals surface area contributed by atoms with Gasteiger partial charge in [-0.25, -0.2) is 0 Å². The first kappa shape index (κ1) is 15.4. The maximum atomic E-state index is 12.2. The maximum absolute atomic E-state index is 12.2. The van der Waals surface area contributed by atoms with Crippen LogP contribution in [0.2, 0.25) is 0 Å². The number of amides is 1. The summed E-state index contributed by atoms with van der Waals surface area (Å²) >= 11 is 3.52. The Hall–Kier alpha value is -1.46. The lowest BCUT2D eigenvalue weighted by Crippen LogP contribution is -2.27. The fraction of sp³-hybridized carbons (Fsp3) is 0.353. The number of thiophene rings is 1. The summed E-state index contributed by atoms with van der Waals surface area (Å²) in [6.07, 6.45) is 0. The van der Waals surface area contributed by atoms with Gasteiger partial charge in [-0.05, 0) is 36.8 Å². The van der Waals surface area contributed by atoms with E-state index in [1.54, 1.807) is 23.1 Å². The first-order valence-corrected chi connectivity index (χ1v) is 9.15. The van der Waals surface area contributed by atoms with Gasteiger partial charge in [-0.1, -0.05) is 12.1 Å². The molecule has 0 aliphatic carbocycles. The summed E-state index contributed by atoms with van der Waals surface area (Å²) in [6.45, 7) is 2.79. The Morgan fingerprint density at radius 1 is 1.18 bits per heavy atom. The molecular weight excluding hydrogens is 312 g/mol. The Bertz CT molecular complexity index is 664. The third kappa shape index (κ3) is 3.15. The molecule has 1 unspecified atom stereocenters. The van der Waals surface area contributed by atoms with Crippen LogP contribution in [0.3, 0.4) is 0 Å². The molecule has 1 fully saturated rings. The number of aryl methyl sites for hydroxylation is 1. The van der Waals surface area contributed by atoms with Gasteiger partial charge >= 0.3 is 0 Å². The molecule has 1 aliphatic rings. The zero-order valence-electron chi connectivity index (χ0n) is 13.1. The summed E-state index contributed by atoms with van der Waals surface area (Å²) in [7, 11) is 4.07. The van der Waals surface area contributed by atoms with Gasteiger partial charge in [0.1, 0.15) is 5.37 Å². The van der Waals surface area contributed by atoms with Crippen LogP contribution in [0, 0.1) is 6.92 Å². The molecule has 1 aromatic heterocycles. The number of carbonyl (C=O) groups excluding carboxylic acids is 1. The van der Waals surface area contributed by atoms with Gasteiger partial charge in [-0.2, -0.15) is 0 Å². The van der Waals surface area contributed by atoms with Crippen molar-refractivity contribution in [2.75, 3.05) is 24.7 Å². The highest BCUT2D eigenvalue weighted by molar-refractivity contribution is 8.00. The Morgan fingerprint density at radius 2 is 1.91 bits per heavy atom. The molecule has 0 spiro atoms. The highest BCUT2D eigenvalue weighted by Gasteiger charge is 2.33. The molecule has 0 saturated carbocycles. The molecule has 2 aromatic rings. The predicted molar refractivity (Wildman–Crippen MR) is 95.6 cm³/mol. The van der Waals surface area contributed by atoms with Crippen LogP contribution in [0.15, 0.2) is 36.4 Å². The van der Waals surface area contributed by atoms with Crippen LogP contribution in [-0.2, 0) is 11.3 Å². The third-order valence-electron chi connectivity index (χ3n) is 3.78. The van der Waals surface area contributed by atoms with Crippen molar-refractivity contribution in [2.24, 2.45) is 0 Å². The molecule has 3 nitrogen and oxygen atoms in total. The number of hydrogen-bond donors (Lipinski definition) is 0. The number of anilines is 1. The van der Waals surface area contributed by atoms with Crippen molar-refractivity contribution in [3.05, 3.63) is 51.7 Å². The standard InChI is InChI=1S/C17H20N2OS2/c1-12-4-9-15(22-12)17-19(16(20)11-21-17)10-13-5-7-14(8-6-13)18(2)3/h4-9,17H,10-11H2,1-3H3. The molecule has 2 heterocycles. The van der Waals surface area contributed by atoms with Gasteiger partial charge in [0.15, 0.2) is 0 Å². The molecule has 3 rings (SSSR count). The summed E-state index contributed by atoms with van der Waals surface area (Å²) in [5, 5.41) is 0.166. The molecule has 1 amide bonds. The van der Waals surface area contributed by atoms with Gasteiger partial charge in [-0.15, -0.1) is 23.1 Å². The monoisotopic (exact) mass is 332 g/mol. The Balaban J connectivity index is 1.78. The SMILES string of the molecule is Cc1ccc(C2SCC(=O)N2Cc2ccc(N(C)C)cc2)s1. The molecule has 1 aromatic carbocycles. The average Bonchev–Trinajstić information content (AvgIpc) is 3.07. The van der Waals surface area contributed by atoms with Crippen molar-refractivity contribution >= 4 is 34.7 Å². The van der Waals surface area contributed by atoms with E-state index in [0.29, 0.717) is 12.3 Å². The maximum Gasteiger partial charge on any atom is 0.234 e. The van der Waals surface area contributed by atoms with Crippen LogP contribution >= 0.6 is 23.1 Å². The topological polar surface area (TPSA) is 23.6 Å². The number of hydrogen-bond acceptors (Lipinski definition) is 4. The summed E-state index contributed by atoms with van der Waals surface area (Å²) < 4.78 is 0. The first-order valence-electron chi connectivity index (χ1n) is 7.28. The second kappa shape index (κ2) is 6.34. The number of nitrogens with zero attached hydrogens (tertiary/aromatic N) is 2. The summed E-state index contributed by atoms with van der Waals surface area (Å²) in [4.78, 5) is 18.9. The molecule has 1 aliphatic heterocycles. The fourth-order valence-corrected chi connectivity index (χ4v) is 4.84. The van der Waals surface area contributed by atoms with E-state index in [1.165, 1.54) is 21.0 Å². The zero-order chi connectivity index (χ0) is 15.7. The molecule has 5 heteroatoms. The lowest BCUT2D eigenvalue weighted by Gasteiger charge is -2.23. The van der Waals surface area contributed by atoms with Crippen LogP contribution in [0.1, 0.15) is 20.7 Å². The van der Waals surface area contributed by atoms with E-state index in [9.17, 15) is 4.79 Å². The van der Waals surface area contributed by atoms with Crippen LogP contribution in [-0.4, -0.2) is 30.7 Å². The number of benzene rings is 1. The van der Waals surface area contributed by atoms with Crippen molar-refractivity contribution in [1.82, 2.24) is 4.90 Å². The molecule has 22 heavy (non-hydrogen) atoms. The highest BCUT2D eigenvalue weighted by atomic mass is 32.2. The van der Waals surface area contributed by atoms with Gasteiger partial charge in [0.25, 0.3) is 0 Å². The van der Waals surface area contributed by atoms with Gasteiger partial charge in [0, 0.05) is 36.1 Å². The highest BCUT2D eigenvalue weighted by Crippen LogP contribution is 2.42. The second-order valence-electron chi connectivity index (χ2n) is 5.69. The largest absolute Gasteiger partial charge is 0.378 e. The molecular formula is C17H20N2OS2. The van der Waals surface area contributed by atoms with Crippen molar-refractivity contribution in [3.63, 3.8) is 0 Å². The van der Waals surface area contributed by atoms with Crippen molar-refractivity contribution < 1.29 is 4.79 Å². The fourth-order valence-electron chi connectivity index (χ4n) is 2.54. The quantitative estimate of drug-likeness (QED) is 0.848. The van der Waals surface area contributed by atoms with Gasteiger partial charge in [0.2, 0.25) is 5.91 Å². The average molecular weight is 332 g/mol. The normalized spacial score (nSPS) is 18.0. The first-order chi connectivity index (χ1) is 10.5. The Labute approximate surface area is 139 Å². The van der Waals surface area contributed by atoms with Crippen molar-refractivity contribution in [2.45, 2.75) is 18.8 Å². The van der Waals surface area contributed by atoms with Gasteiger partial charge in [-0.3, -0.25) is 4.79 Å². The zero-order valence-corrected chi connectivity index (χ0v) is 14.7. The van der Waals surface area contributed by atoms with E-state index in [2.05, 4.69) is 48.2 Å². The third-order valence-corrected chi connectivity index (χ3v) is 6.22. The van der Waals surface area contributed by atoms with Crippen molar-refractivity contribution in [1.29, 1.82) is 0 Å². The van der Waals surface area contributed by atoms with Crippen molar-refractivity contribution in [3.8, 4) is 0 Å². The minimum atomic E-state index is 0.166. The molecule has 0 N–H and O–H groups in total. The molecule has 1 saturated heterocycles. The second-order valence-corrected chi connectivity index (χ2v) is 8.08. The van der Waals surface area contributed by atoms with E-state index in [0.717, 1.165) is 0 Å². The van der Waals surface area contributed by atoms with E-state index in [-0.39, 0.29) is 11.3 Å². The van der Waals surface area contributed by atoms with E-state index in [4.69, 9.17) is 0 Å². The lowest BCUT2D eigenvalue weighted by atomic mass is 10.2. The van der Waals surface area contributed by atoms with Crippen LogP contribution < -0.4 is 4.90 Å². The Kier molecular flexibility index (Phi) is 4.45. The molecule has 0 bridgehead atoms. The number of thioether (sulfide) groups is 1. The van der Waals surface area contributed by atoms with E-state index >= 15 is 0 Å². The number of rotatable bonds is 4. The van der Waals surface area contributed by atoms with Gasteiger partial charge in [0.05, 0.1) is 5.75 Å². The summed E-state index contributed by atoms with van der Waals surface area (Å²) in [5.41, 5.74) is 2.36. The predicted octanol–water partition coefficient (Wildman–Crippen LogP) is 3.90. The molecule has 116 valence electrons.